The van der Waals surface area contributed by atoms with Crippen molar-refractivity contribution >= 4 is 31.6 Å². The summed E-state index contributed by atoms with van der Waals surface area (Å²) in [6.07, 6.45) is 3.97. The molecule has 0 amide bonds. The van der Waals surface area contributed by atoms with E-state index in [0.717, 1.165) is 51.8 Å². The Kier molecular flexibility index (Phi) is 8.47. The third kappa shape index (κ3) is 6.52. The zero-order valence-corrected chi connectivity index (χ0v) is 27.7. The van der Waals surface area contributed by atoms with Crippen molar-refractivity contribution < 1.29 is 18.8 Å². The van der Waals surface area contributed by atoms with Gasteiger partial charge in [-0.15, -0.1) is 0 Å². The lowest BCUT2D eigenvalue weighted by Gasteiger charge is -2.32. The van der Waals surface area contributed by atoms with Gasteiger partial charge in [-0.2, -0.15) is 0 Å². The van der Waals surface area contributed by atoms with Crippen LogP contribution in [0.3, 0.4) is 0 Å². The van der Waals surface area contributed by atoms with Crippen LogP contribution in [0.15, 0.2) is 67.0 Å². The maximum absolute atomic E-state index is 6.52. The van der Waals surface area contributed by atoms with E-state index in [-0.39, 0.29) is 11.2 Å². The number of benzene rings is 2. The van der Waals surface area contributed by atoms with Crippen molar-refractivity contribution in [2.45, 2.75) is 91.1 Å². The first-order chi connectivity index (χ1) is 19.7. The Hall–Kier alpha value is -2.91. The fourth-order valence-electron chi connectivity index (χ4n) is 5.06. The van der Waals surface area contributed by atoms with Gasteiger partial charge in [0.25, 0.3) is 0 Å². The van der Waals surface area contributed by atoms with Crippen LogP contribution in [0.1, 0.15) is 53.0 Å². The van der Waals surface area contributed by atoms with Crippen molar-refractivity contribution in [1.82, 2.24) is 9.55 Å². The van der Waals surface area contributed by atoms with Gasteiger partial charge >= 0.3 is 7.12 Å². The SMILES string of the molecule is CC(C)c1ccccc1-c1cc2c(Oc3ccc(B4OC(C)(C)C(C)(C)O4)cc3)cn(COCC[Si](C)(C)C)c2cn1. The molecule has 0 spiro atoms. The van der Waals surface area contributed by atoms with E-state index in [1.54, 1.807) is 0 Å². The molecule has 0 atom stereocenters. The van der Waals surface area contributed by atoms with Crippen molar-refractivity contribution in [3.63, 3.8) is 0 Å². The molecule has 0 radical (unpaired) electrons. The molecule has 0 unspecified atom stereocenters. The maximum atomic E-state index is 6.52. The van der Waals surface area contributed by atoms with Crippen molar-refractivity contribution in [1.29, 1.82) is 0 Å². The number of pyridine rings is 1. The second-order valence-corrected chi connectivity index (χ2v) is 19.5. The number of hydrogen-bond donors (Lipinski definition) is 0. The molecule has 222 valence electrons. The summed E-state index contributed by atoms with van der Waals surface area (Å²) < 4.78 is 27.2. The molecule has 0 aliphatic carbocycles. The average Bonchev–Trinajstić information content (AvgIpc) is 3.37. The summed E-state index contributed by atoms with van der Waals surface area (Å²) in [6.45, 7) is 21.0. The third-order valence-electron chi connectivity index (χ3n) is 8.45. The summed E-state index contributed by atoms with van der Waals surface area (Å²) in [5.74, 6) is 1.91. The highest BCUT2D eigenvalue weighted by Crippen LogP contribution is 2.38. The molecule has 5 rings (SSSR count). The molecular formula is C34H45BN2O4Si. The van der Waals surface area contributed by atoms with Gasteiger partial charge in [0, 0.05) is 25.6 Å². The molecule has 0 bridgehead atoms. The van der Waals surface area contributed by atoms with Gasteiger partial charge < -0.3 is 23.3 Å². The van der Waals surface area contributed by atoms with Crippen LogP contribution in [0.4, 0.5) is 0 Å². The number of aromatic nitrogens is 2. The monoisotopic (exact) mass is 584 g/mol. The second-order valence-electron chi connectivity index (χ2n) is 13.9. The van der Waals surface area contributed by atoms with E-state index < -0.39 is 15.2 Å². The molecule has 1 aliphatic rings. The Morgan fingerprint density at radius 3 is 2.26 bits per heavy atom. The quantitative estimate of drug-likeness (QED) is 0.139. The molecular weight excluding hydrogens is 539 g/mol. The fourth-order valence-corrected chi connectivity index (χ4v) is 5.82. The molecule has 8 heteroatoms. The molecule has 0 saturated carbocycles. The normalized spacial score (nSPS) is 16.5. The standard InChI is InChI=1S/C34H45BN2O4Si/c1-24(2)27-12-10-11-13-28(27)30-20-29-31(21-36-30)37(23-38-18-19-42(7,8)9)22-32(29)39-26-16-14-25(15-17-26)35-40-33(3,4)34(5,6)41-35/h10-17,20-22,24H,18-19,23H2,1-9H3. The zero-order chi connectivity index (χ0) is 30.3. The Balaban J connectivity index is 1.45. The third-order valence-corrected chi connectivity index (χ3v) is 10.2. The van der Waals surface area contributed by atoms with E-state index in [9.17, 15) is 0 Å². The molecule has 1 saturated heterocycles. The van der Waals surface area contributed by atoms with Gasteiger partial charge in [-0.3, -0.25) is 4.98 Å². The Morgan fingerprint density at radius 1 is 0.952 bits per heavy atom. The predicted octanol–water partition coefficient (Wildman–Crippen LogP) is 8.23. The van der Waals surface area contributed by atoms with Gasteiger partial charge in [0.05, 0.1) is 34.8 Å². The summed E-state index contributed by atoms with van der Waals surface area (Å²) in [5.41, 5.74) is 4.54. The van der Waals surface area contributed by atoms with Crippen molar-refractivity contribution in [3.8, 4) is 22.8 Å². The number of rotatable bonds is 10. The highest BCUT2D eigenvalue weighted by molar-refractivity contribution is 6.76. The van der Waals surface area contributed by atoms with E-state index >= 15 is 0 Å². The van der Waals surface area contributed by atoms with E-state index in [4.69, 9.17) is 23.8 Å². The number of ether oxygens (including phenoxy) is 2. The first-order valence-electron chi connectivity index (χ1n) is 15.0. The molecule has 2 aromatic carbocycles. The lowest BCUT2D eigenvalue weighted by atomic mass is 9.79. The largest absolute Gasteiger partial charge is 0.494 e. The van der Waals surface area contributed by atoms with Gasteiger partial charge in [-0.05, 0) is 68.9 Å². The van der Waals surface area contributed by atoms with E-state index in [2.05, 4.69) is 96.1 Å². The smallest absolute Gasteiger partial charge is 0.455 e. The second kappa shape index (κ2) is 11.6. The lowest BCUT2D eigenvalue weighted by Crippen LogP contribution is -2.41. The Morgan fingerprint density at radius 2 is 1.62 bits per heavy atom. The molecule has 2 aromatic heterocycles. The number of fused-ring (bicyclic) bond motifs is 1. The van der Waals surface area contributed by atoms with E-state index in [1.807, 2.05) is 36.7 Å². The van der Waals surface area contributed by atoms with Gasteiger partial charge in [0.1, 0.15) is 12.5 Å². The summed E-state index contributed by atoms with van der Waals surface area (Å²) >= 11 is 0. The number of nitrogens with zero attached hydrogens (tertiary/aromatic N) is 2. The van der Waals surface area contributed by atoms with Crippen molar-refractivity contribution in [3.05, 3.63) is 72.6 Å². The van der Waals surface area contributed by atoms with Crippen LogP contribution in [-0.2, 0) is 20.8 Å². The van der Waals surface area contributed by atoms with Crippen LogP contribution in [-0.4, -0.2) is 42.6 Å². The van der Waals surface area contributed by atoms with Crippen molar-refractivity contribution in [2.24, 2.45) is 0 Å². The highest BCUT2D eigenvalue weighted by atomic mass is 28.3. The summed E-state index contributed by atoms with van der Waals surface area (Å²) in [7, 11) is -1.58. The minimum atomic E-state index is -1.17. The van der Waals surface area contributed by atoms with Gasteiger partial charge in [0.2, 0.25) is 0 Å². The predicted molar refractivity (Wildman–Crippen MR) is 176 cm³/mol. The van der Waals surface area contributed by atoms with E-state index in [1.165, 1.54) is 5.56 Å². The molecule has 3 heterocycles. The summed E-state index contributed by atoms with van der Waals surface area (Å²) in [5, 5.41) is 1.00. The lowest BCUT2D eigenvalue weighted by molar-refractivity contribution is 0.00578. The van der Waals surface area contributed by atoms with Crippen LogP contribution in [0, 0.1) is 0 Å². The molecule has 42 heavy (non-hydrogen) atoms. The maximum Gasteiger partial charge on any atom is 0.494 e. The summed E-state index contributed by atoms with van der Waals surface area (Å²) in [4.78, 5) is 4.89. The van der Waals surface area contributed by atoms with Crippen LogP contribution >= 0.6 is 0 Å². The van der Waals surface area contributed by atoms with Crippen LogP contribution in [0.2, 0.25) is 25.7 Å². The molecule has 4 aromatic rings. The topological polar surface area (TPSA) is 54.7 Å². The zero-order valence-electron chi connectivity index (χ0n) is 26.7. The highest BCUT2D eigenvalue weighted by Gasteiger charge is 2.51. The van der Waals surface area contributed by atoms with Gasteiger partial charge in [-0.25, -0.2) is 0 Å². The van der Waals surface area contributed by atoms with E-state index in [0.29, 0.717) is 12.6 Å². The average molecular weight is 585 g/mol. The van der Waals surface area contributed by atoms with Gasteiger partial charge in [-0.1, -0.05) is 69.9 Å². The minimum Gasteiger partial charge on any atom is -0.455 e. The molecule has 6 nitrogen and oxygen atoms in total. The van der Waals surface area contributed by atoms with Crippen LogP contribution < -0.4 is 10.2 Å². The van der Waals surface area contributed by atoms with Crippen LogP contribution in [0.5, 0.6) is 11.5 Å². The first-order valence-corrected chi connectivity index (χ1v) is 18.7. The van der Waals surface area contributed by atoms with Crippen LogP contribution in [0.25, 0.3) is 22.2 Å². The van der Waals surface area contributed by atoms with Crippen molar-refractivity contribution in [2.75, 3.05) is 6.61 Å². The molecule has 1 fully saturated rings. The summed E-state index contributed by atoms with van der Waals surface area (Å²) in [6, 6.07) is 19.7. The first kappa shape index (κ1) is 30.5. The fraction of sp³-hybridized carbons (Fsp3) is 0.441. The number of hydrogen-bond acceptors (Lipinski definition) is 5. The Labute approximate surface area is 252 Å². The molecule has 1 aliphatic heterocycles. The van der Waals surface area contributed by atoms with Gasteiger partial charge in [0.15, 0.2) is 5.75 Å². The molecule has 0 N–H and O–H groups in total. The minimum absolute atomic E-state index is 0.383. The Bertz CT molecular complexity index is 1520.